The third-order valence-electron chi connectivity index (χ3n) is 3.69. The molecule has 2 fully saturated rings. The summed E-state index contributed by atoms with van der Waals surface area (Å²) in [6, 6.07) is 0. The van der Waals surface area contributed by atoms with Gasteiger partial charge in [-0.25, -0.2) is 0 Å². The second-order valence-corrected chi connectivity index (χ2v) is 5.60. The van der Waals surface area contributed by atoms with Gasteiger partial charge in [-0.3, -0.25) is 9.69 Å². The monoisotopic (exact) mass is 330 g/mol. The Hall–Kier alpha value is -0.450. The molecule has 0 bridgehead atoms. The van der Waals surface area contributed by atoms with Crippen LogP contribution in [0.3, 0.4) is 0 Å². The predicted octanol–water partition coefficient (Wildman–Crippen LogP) is 3.70. The fourth-order valence-corrected chi connectivity index (χ4v) is 2.75. The van der Waals surface area contributed by atoms with Gasteiger partial charge in [0.1, 0.15) is 5.78 Å². The highest BCUT2D eigenvalue weighted by atomic mass is 16.5. The van der Waals surface area contributed by atoms with Gasteiger partial charge in [0.2, 0.25) is 0 Å². The van der Waals surface area contributed by atoms with Crippen LogP contribution in [-0.4, -0.2) is 68.1 Å². The summed E-state index contributed by atoms with van der Waals surface area (Å²) in [5.41, 5.74) is 0. The molecule has 0 spiro atoms. The SMILES string of the molecule is CC.CC.CC.CC(=O)CN1CCC(OCC2CN(C)C2)CC1. The first kappa shape index (κ1) is 24.8. The molecule has 0 saturated carbocycles. The highest BCUT2D eigenvalue weighted by Crippen LogP contribution is 2.18. The number of carbonyl (C=O) groups excluding carboxylic acids is 1. The van der Waals surface area contributed by atoms with Gasteiger partial charge in [0.25, 0.3) is 0 Å². The second kappa shape index (κ2) is 16.4. The smallest absolute Gasteiger partial charge is 0.143 e. The molecule has 0 aliphatic carbocycles. The van der Waals surface area contributed by atoms with Crippen LogP contribution in [0.2, 0.25) is 0 Å². The molecule has 0 atom stereocenters. The van der Waals surface area contributed by atoms with Crippen LogP contribution in [0, 0.1) is 5.92 Å². The average molecular weight is 331 g/mol. The number of Topliss-reactive ketones (excluding diaryl/α,β-unsaturated/α-hetero) is 1. The molecule has 2 heterocycles. The van der Waals surface area contributed by atoms with Crippen LogP contribution in [0.1, 0.15) is 61.3 Å². The Morgan fingerprint density at radius 2 is 1.48 bits per heavy atom. The molecule has 2 rings (SSSR count). The molecule has 140 valence electrons. The van der Waals surface area contributed by atoms with E-state index in [1.165, 1.54) is 13.1 Å². The summed E-state index contributed by atoms with van der Waals surface area (Å²) in [7, 11) is 2.15. The fourth-order valence-electron chi connectivity index (χ4n) is 2.75. The van der Waals surface area contributed by atoms with E-state index in [1.54, 1.807) is 6.92 Å². The zero-order chi connectivity index (χ0) is 18.3. The molecule has 0 aromatic carbocycles. The van der Waals surface area contributed by atoms with Crippen molar-refractivity contribution in [3.8, 4) is 0 Å². The van der Waals surface area contributed by atoms with E-state index < -0.39 is 0 Å². The van der Waals surface area contributed by atoms with Crippen LogP contribution in [0.15, 0.2) is 0 Å². The lowest BCUT2D eigenvalue weighted by atomic mass is 10.0. The minimum atomic E-state index is 0.266. The standard InChI is InChI=1S/C13H24N2O2.3C2H6/c1-11(16)7-15-5-3-13(4-6-15)17-10-12-8-14(2)9-12;3*1-2/h12-13H,3-10H2,1-2H3;3*1-2H3. The lowest BCUT2D eigenvalue weighted by Crippen LogP contribution is -2.47. The maximum absolute atomic E-state index is 11.0. The number of rotatable bonds is 5. The molecule has 23 heavy (non-hydrogen) atoms. The Morgan fingerprint density at radius 3 is 1.87 bits per heavy atom. The summed E-state index contributed by atoms with van der Waals surface area (Å²) >= 11 is 0. The van der Waals surface area contributed by atoms with Crippen molar-refractivity contribution in [1.82, 2.24) is 9.80 Å². The number of ketones is 1. The Balaban J connectivity index is 0. The zero-order valence-electron chi connectivity index (χ0n) is 17.0. The van der Waals surface area contributed by atoms with E-state index in [0.717, 1.165) is 38.5 Å². The molecule has 0 radical (unpaired) electrons. The van der Waals surface area contributed by atoms with Gasteiger partial charge in [0.15, 0.2) is 0 Å². The quantitative estimate of drug-likeness (QED) is 0.769. The van der Waals surface area contributed by atoms with Crippen molar-refractivity contribution >= 4 is 5.78 Å². The lowest BCUT2D eigenvalue weighted by molar-refractivity contribution is -0.119. The maximum atomic E-state index is 11.0. The molecule has 2 aliphatic heterocycles. The van der Waals surface area contributed by atoms with Crippen molar-refractivity contribution in [2.45, 2.75) is 67.4 Å². The number of hydrogen-bond acceptors (Lipinski definition) is 4. The van der Waals surface area contributed by atoms with Crippen LogP contribution < -0.4 is 0 Å². The number of piperidine rings is 1. The molecule has 4 nitrogen and oxygen atoms in total. The van der Waals surface area contributed by atoms with Gasteiger partial charge in [-0.05, 0) is 26.8 Å². The molecular formula is C19H42N2O2. The van der Waals surface area contributed by atoms with Gasteiger partial charge in [0.05, 0.1) is 19.3 Å². The van der Waals surface area contributed by atoms with Crippen LogP contribution in [0.25, 0.3) is 0 Å². The van der Waals surface area contributed by atoms with Crippen molar-refractivity contribution < 1.29 is 9.53 Å². The zero-order valence-corrected chi connectivity index (χ0v) is 17.0. The third-order valence-corrected chi connectivity index (χ3v) is 3.69. The summed E-state index contributed by atoms with van der Waals surface area (Å²) in [6.07, 6.45) is 2.58. The van der Waals surface area contributed by atoms with Gasteiger partial charge in [-0.1, -0.05) is 41.5 Å². The molecule has 0 aromatic rings. The topological polar surface area (TPSA) is 32.8 Å². The van der Waals surface area contributed by atoms with Crippen LogP contribution in [-0.2, 0) is 9.53 Å². The predicted molar refractivity (Wildman–Crippen MR) is 101 cm³/mol. The molecule has 4 heteroatoms. The number of carbonyl (C=O) groups is 1. The van der Waals surface area contributed by atoms with Gasteiger partial charge in [-0.15, -0.1) is 0 Å². The Bertz CT molecular complexity index is 258. The molecule has 0 aromatic heterocycles. The normalized spacial score (nSPS) is 19.1. The first-order valence-electron chi connectivity index (χ1n) is 9.65. The summed E-state index contributed by atoms with van der Waals surface area (Å²) < 4.78 is 5.95. The Morgan fingerprint density at radius 1 is 1.00 bits per heavy atom. The minimum Gasteiger partial charge on any atom is -0.378 e. The molecule has 0 unspecified atom stereocenters. The van der Waals surface area contributed by atoms with Crippen LogP contribution in [0.5, 0.6) is 0 Å². The third kappa shape index (κ3) is 11.7. The van der Waals surface area contributed by atoms with Gasteiger partial charge >= 0.3 is 0 Å². The molecule has 2 aliphatic rings. The maximum Gasteiger partial charge on any atom is 0.143 e. The molecule has 0 amide bonds. The number of nitrogens with zero attached hydrogens (tertiary/aromatic N) is 2. The van der Waals surface area contributed by atoms with Crippen LogP contribution >= 0.6 is 0 Å². The average Bonchev–Trinajstić information content (AvgIpc) is 2.57. The fraction of sp³-hybridized carbons (Fsp3) is 0.947. The molecular weight excluding hydrogens is 288 g/mol. The minimum absolute atomic E-state index is 0.266. The van der Waals surface area contributed by atoms with E-state index >= 15 is 0 Å². The van der Waals surface area contributed by atoms with Crippen molar-refractivity contribution in [3.63, 3.8) is 0 Å². The summed E-state index contributed by atoms with van der Waals surface area (Å²) in [6.45, 7) is 19.6. The first-order chi connectivity index (χ1) is 11.1. The largest absolute Gasteiger partial charge is 0.378 e. The van der Waals surface area contributed by atoms with Gasteiger partial charge in [0, 0.05) is 32.1 Å². The molecule has 2 saturated heterocycles. The number of hydrogen-bond donors (Lipinski definition) is 0. The van der Waals surface area contributed by atoms with Crippen molar-refractivity contribution in [1.29, 1.82) is 0 Å². The van der Waals surface area contributed by atoms with Gasteiger partial charge in [-0.2, -0.15) is 0 Å². The van der Waals surface area contributed by atoms with Gasteiger partial charge < -0.3 is 9.64 Å². The highest BCUT2D eigenvalue weighted by molar-refractivity contribution is 5.77. The number of ether oxygens (including phenoxy) is 1. The van der Waals surface area contributed by atoms with Crippen molar-refractivity contribution in [2.24, 2.45) is 5.92 Å². The summed E-state index contributed by atoms with van der Waals surface area (Å²) in [5.74, 6) is 1.01. The van der Waals surface area contributed by atoms with Crippen LogP contribution in [0.4, 0.5) is 0 Å². The van der Waals surface area contributed by atoms with E-state index in [9.17, 15) is 4.79 Å². The Labute approximate surface area is 145 Å². The molecule has 0 N–H and O–H groups in total. The summed E-state index contributed by atoms with van der Waals surface area (Å²) in [5, 5.41) is 0. The summed E-state index contributed by atoms with van der Waals surface area (Å²) in [4.78, 5) is 15.6. The first-order valence-corrected chi connectivity index (χ1v) is 9.65. The van der Waals surface area contributed by atoms with Crippen molar-refractivity contribution in [2.75, 3.05) is 46.4 Å². The van der Waals surface area contributed by atoms with Crippen molar-refractivity contribution in [3.05, 3.63) is 0 Å². The van der Waals surface area contributed by atoms with E-state index in [-0.39, 0.29) is 5.78 Å². The number of likely N-dealkylation sites (tertiary alicyclic amines) is 2. The van der Waals surface area contributed by atoms with E-state index in [2.05, 4.69) is 16.8 Å². The highest BCUT2D eigenvalue weighted by Gasteiger charge is 2.26. The van der Waals surface area contributed by atoms with E-state index in [1.807, 2.05) is 41.5 Å². The lowest BCUT2D eigenvalue weighted by Gasteiger charge is -2.38. The Kier molecular flexibility index (Phi) is 17.7. The van der Waals surface area contributed by atoms with E-state index in [4.69, 9.17) is 4.74 Å². The second-order valence-electron chi connectivity index (χ2n) is 5.60. The van der Waals surface area contributed by atoms with E-state index in [0.29, 0.717) is 12.6 Å².